The van der Waals surface area contributed by atoms with Crippen LogP contribution in [0.3, 0.4) is 0 Å². The molecule has 198 valence electrons. The first kappa shape index (κ1) is 29.8. The maximum Gasteiger partial charge on any atom is 0.331 e. The summed E-state index contributed by atoms with van der Waals surface area (Å²) in [6, 6.07) is 9.39. The summed E-state index contributed by atoms with van der Waals surface area (Å²) in [4.78, 5) is 10.2. The van der Waals surface area contributed by atoms with E-state index < -0.39 is 21.7 Å². The van der Waals surface area contributed by atoms with Crippen LogP contribution in [0, 0.1) is 5.92 Å². The average molecular weight is 525 g/mol. The van der Waals surface area contributed by atoms with Crippen molar-refractivity contribution in [3.05, 3.63) is 35.9 Å². The number of hydrogen-bond acceptors (Lipinski definition) is 7. The number of benzene rings is 1. The van der Waals surface area contributed by atoms with Crippen molar-refractivity contribution in [3.63, 3.8) is 0 Å². The molecule has 0 N–H and O–H groups in total. The topological polar surface area (TPSA) is 78.7 Å². The van der Waals surface area contributed by atoms with Crippen LogP contribution in [0.15, 0.2) is 40.3 Å². The Balaban J connectivity index is 2.84. The molecule has 1 aromatic rings. The van der Waals surface area contributed by atoms with Gasteiger partial charge >= 0.3 is 7.60 Å². The van der Waals surface area contributed by atoms with E-state index in [4.69, 9.17) is 28.5 Å². The molecule has 1 aromatic carbocycles. The Morgan fingerprint density at radius 3 is 1.74 bits per heavy atom. The molecule has 1 unspecified atom stereocenters. The van der Waals surface area contributed by atoms with E-state index in [1.807, 2.05) is 45.9 Å². The Labute approximate surface area is 213 Å². The highest BCUT2D eigenvalue weighted by Gasteiger charge is 2.53. The molecule has 9 heteroatoms. The van der Waals surface area contributed by atoms with Crippen LogP contribution >= 0.6 is 7.60 Å². The highest BCUT2D eigenvalue weighted by atomic mass is 31.2. The van der Waals surface area contributed by atoms with Crippen molar-refractivity contribution in [1.82, 2.24) is 0 Å². The van der Waals surface area contributed by atoms with Crippen LogP contribution in [-0.4, -0.2) is 63.7 Å². The summed E-state index contributed by atoms with van der Waals surface area (Å²) in [7, 11) is -5.71. The number of nitrogens with zero attached hydrogens (tertiary/aromatic N) is 2. The summed E-state index contributed by atoms with van der Waals surface area (Å²) in [5.41, 5.74) is 1.01. The smallest absolute Gasteiger partial charge is 0.331 e. The largest absolute Gasteiger partial charge is 0.480 e. The van der Waals surface area contributed by atoms with Gasteiger partial charge in [0.2, 0.25) is 11.8 Å². The van der Waals surface area contributed by atoms with Crippen LogP contribution in [0.4, 0.5) is 0 Å². The molecule has 1 heterocycles. The lowest BCUT2D eigenvalue weighted by Crippen LogP contribution is -2.50. The molecule has 35 heavy (non-hydrogen) atoms. The fraction of sp³-hybridized carbons (Fsp3) is 0.692. The fourth-order valence-electron chi connectivity index (χ4n) is 4.73. The summed E-state index contributed by atoms with van der Waals surface area (Å²) in [5, 5.41) is -0.379. The molecule has 0 saturated carbocycles. The van der Waals surface area contributed by atoms with Gasteiger partial charge in [-0.25, -0.2) is 9.98 Å². The molecule has 0 amide bonds. The van der Waals surface area contributed by atoms with Crippen LogP contribution in [0.2, 0.25) is 19.6 Å². The second-order valence-electron chi connectivity index (χ2n) is 10.1. The van der Waals surface area contributed by atoms with Crippen molar-refractivity contribution < 1.29 is 23.1 Å². The second-order valence-corrected chi connectivity index (χ2v) is 18.0. The van der Waals surface area contributed by atoms with Crippen molar-refractivity contribution in [1.29, 1.82) is 0 Å². The van der Waals surface area contributed by atoms with Gasteiger partial charge in [-0.3, -0.25) is 4.57 Å². The molecule has 7 nitrogen and oxygen atoms in total. The minimum absolute atomic E-state index is 0.192. The molecule has 4 atom stereocenters. The second kappa shape index (κ2) is 13.2. The summed E-state index contributed by atoms with van der Waals surface area (Å²) in [6.07, 6.45) is 0. The highest BCUT2D eigenvalue weighted by Crippen LogP contribution is 2.61. The van der Waals surface area contributed by atoms with Gasteiger partial charge in [-0.1, -0.05) is 63.8 Å². The molecule has 0 radical (unpaired) electrons. The van der Waals surface area contributed by atoms with E-state index in [1.165, 1.54) is 0 Å². The predicted molar refractivity (Wildman–Crippen MR) is 148 cm³/mol. The SMILES string of the molecule is CCOC1=N[C@H](C(C)C)C(OCC)=N[C@H]1[C@@H](c1ccccc1)C([Si](C)(C)C)P(=O)(OCC)OCC. The minimum Gasteiger partial charge on any atom is -0.480 e. The lowest BCUT2D eigenvalue weighted by Gasteiger charge is -2.43. The zero-order chi connectivity index (χ0) is 26.2. The quantitative estimate of drug-likeness (QED) is 0.229. The van der Waals surface area contributed by atoms with Crippen molar-refractivity contribution >= 4 is 27.5 Å². The van der Waals surface area contributed by atoms with E-state index in [2.05, 4.69) is 45.6 Å². The van der Waals surface area contributed by atoms with E-state index in [1.54, 1.807) is 0 Å². The maximum atomic E-state index is 14.5. The molecular formula is C26H45N2O5PSi. The molecule has 0 aliphatic carbocycles. The molecule has 0 bridgehead atoms. The van der Waals surface area contributed by atoms with Gasteiger partial charge in [0.15, 0.2) is 0 Å². The predicted octanol–water partition coefficient (Wildman–Crippen LogP) is 6.56. The number of ether oxygens (including phenoxy) is 2. The standard InChI is InChI=1S/C26H45N2O5PSi/c1-10-30-24-22(19(5)6)27-25(31-11-2)23(28-24)21(20-17-15-14-16-18-20)26(35(7,8)9)34(29,32-12-3)33-13-4/h14-19,21-23,26H,10-13H2,1-9H3/t21-,22-,23+,26?/m1/s1. The van der Waals surface area contributed by atoms with Crippen LogP contribution in [-0.2, 0) is 23.1 Å². The van der Waals surface area contributed by atoms with Crippen LogP contribution < -0.4 is 0 Å². The number of hydrogen-bond donors (Lipinski definition) is 0. The Bertz CT molecular complexity index is 891. The molecule has 2 rings (SSSR count). The number of aliphatic imine (C=N–C) groups is 2. The molecule has 0 fully saturated rings. The zero-order valence-corrected chi connectivity index (χ0v) is 24.9. The molecular weight excluding hydrogens is 479 g/mol. The lowest BCUT2D eigenvalue weighted by atomic mass is 9.91. The van der Waals surface area contributed by atoms with Crippen molar-refractivity contribution in [2.45, 2.75) is 84.5 Å². The molecule has 0 saturated heterocycles. The minimum atomic E-state index is -3.51. The maximum absolute atomic E-state index is 14.5. The van der Waals surface area contributed by atoms with Gasteiger partial charge in [0, 0.05) is 5.92 Å². The molecule has 0 aromatic heterocycles. The third-order valence-electron chi connectivity index (χ3n) is 5.97. The summed E-state index contributed by atoms with van der Waals surface area (Å²) >= 11 is 0. The molecule has 0 spiro atoms. The highest BCUT2D eigenvalue weighted by molar-refractivity contribution is 7.58. The number of rotatable bonds is 12. The van der Waals surface area contributed by atoms with Gasteiger partial charge in [0.05, 0.1) is 39.8 Å². The average Bonchev–Trinajstić information content (AvgIpc) is 2.78. The Hall–Kier alpha value is -1.47. The van der Waals surface area contributed by atoms with Gasteiger partial charge in [-0.05, 0) is 39.2 Å². The first-order chi connectivity index (χ1) is 16.5. The third-order valence-corrected chi connectivity index (χ3v) is 13.6. The van der Waals surface area contributed by atoms with E-state index in [-0.39, 0.29) is 23.2 Å². The lowest BCUT2D eigenvalue weighted by molar-refractivity contribution is 0.212. The van der Waals surface area contributed by atoms with Crippen LogP contribution in [0.5, 0.6) is 0 Å². The van der Waals surface area contributed by atoms with E-state index >= 15 is 0 Å². The first-order valence-corrected chi connectivity index (χ1v) is 18.1. The van der Waals surface area contributed by atoms with E-state index in [9.17, 15) is 4.57 Å². The van der Waals surface area contributed by atoms with Gasteiger partial charge in [-0.2, -0.15) is 0 Å². The van der Waals surface area contributed by atoms with E-state index in [0.29, 0.717) is 38.2 Å². The van der Waals surface area contributed by atoms with Crippen molar-refractivity contribution in [2.75, 3.05) is 26.4 Å². The normalized spacial score (nSPS) is 20.7. The summed E-state index contributed by atoms with van der Waals surface area (Å²) in [5.74, 6) is 1.04. The van der Waals surface area contributed by atoms with Crippen molar-refractivity contribution in [3.8, 4) is 0 Å². The van der Waals surface area contributed by atoms with Crippen LogP contribution in [0.25, 0.3) is 0 Å². The summed E-state index contributed by atoms with van der Waals surface area (Å²) in [6.45, 7) is 20.0. The van der Waals surface area contributed by atoms with Gasteiger partial charge in [0.1, 0.15) is 12.1 Å². The first-order valence-electron chi connectivity index (χ1n) is 12.9. The molecule has 1 aliphatic heterocycles. The van der Waals surface area contributed by atoms with Gasteiger partial charge < -0.3 is 18.5 Å². The Morgan fingerprint density at radius 2 is 1.31 bits per heavy atom. The molecule has 1 aliphatic rings. The third kappa shape index (κ3) is 7.28. The van der Waals surface area contributed by atoms with E-state index in [0.717, 1.165) is 5.56 Å². The monoisotopic (exact) mass is 524 g/mol. The fourth-order valence-corrected chi connectivity index (χ4v) is 12.3. The summed E-state index contributed by atoms with van der Waals surface area (Å²) < 4.78 is 38.6. The van der Waals surface area contributed by atoms with Gasteiger partial charge in [-0.15, -0.1) is 0 Å². The van der Waals surface area contributed by atoms with Crippen LogP contribution in [0.1, 0.15) is 53.0 Å². The van der Waals surface area contributed by atoms with Gasteiger partial charge in [0.25, 0.3) is 0 Å². The Kier molecular flexibility index (Phi) is 11.2. The Morgan fingerprint density at radius 1 is 0.829 bits per heavy atom. The zero-order valence-electron chi connectivity index (χ0n) is 23.0. The van der Waals surface area contributed by atoms with Crippen molar-refractivity contribution in [2.24, 2.45) is 15.9 Å².